The van der Waals surface area contributed by atoms with Gasteiger partial charge in [-0.25, -0.2) is 4.79 Å². The lowest BCUT2D eigenvalue weighted by molar-refractivity contribution is 0.0599. The second kappa shape index (κ2) is 8.10. The Morgan fingerprint density at radius 1 is 1.46 bits per heavy atom. The highest BCUT2D eigenvalue weighted by Crippen LogP contribution is 2.22. The first kappa shape index (κ1) is 18.2. The van der Waals surface area contributed by atoms with Gasteiger partial charge in [-0.15, -0.1) is 0 Å². The van der Waals surface area contributed by atoms with Crippen molar-refractivity contribution in [2.45, 2.75) is 52.6 Å². The van der Waals surface area contributed by atoms with Crippen molar-refractivity contribution in [1.82, 2.24) is 15.0 Å². The number of esters is 1. The fourth-order valence-corrected chi connectivity index (χ4v) is 2.38. The van der Waals surface area contributed by atoms with Gasteiger partial charge in [0.2, 0.25) is 5.89 Å². The predicted octanol–water partition coefficient (Wildman–Crippen LogP) is 3.29. The minimum atomic E-state index is -0.393. The number of nitrogens with zero attached hydrogens (tertiary/aromatic N) is 3. The van der Waals surface area contributed by atoms with Crippen LogP contribution < -0.4 is 0 Å². The van der Waals surface area contributed by atoms with Crippen molar-refractivity contribution in [2.24, 2.45) is 0 Å². The Morgan fingerprint density at radius 2 is 2.21 bits per heavy atom. The van der Waals surface area contributed by atoms with Crippen LogP contribution in [0.15, 0.2) is 15.0 Å². The number of carbonyl (C=O) groups is 1. The summed E-state index contributed by atoms with van der Waals surface area (Å²) in [5.41, 5.74) is 0.452. The van der Waals surface area contributed by atoms with Gasteiger partial charge in [-0.1, -0.05) is 18.5 Å². The second-order valence-electron chi connectivity index (χ2n) is 5.92. The monoisotopic (exact) mass is 335 g/mol. The van der Waals surface area contributed by atoms with Crippen LogP contribution in [-0.2, 0) is 17.7 Å². The lowest BCUT2D eigenvalue weighted by atomic mass is 10.2. The van der Waals surface area contributed by atoms with Crippen molar-refractivity contribution in [3.63, 3.8) is 0 Å². The van der Waals surface area contributed by atoms with Crippen LogP contribution >= 0.6 is 0 Å². The summed E-state index contributed by atoms with van der Waals surface area (Å²) in [5.74, 6) is 2.18. The number of aromatic nitrogens is 2. The first-order valence-electron chi connectivity index (χ1n) is 8.16. The molecule has 0 bridgehead atoms. The van der Waals surface area contributed by atoms with Crippen LogP contribution in [0.1, 0.15) is 66.3 Å². The molecule has 0 aromatic carbocycles. The first-order chi connectivity index (χ1) is 11.5. The average molecular weight is 335 g/mol. The Morgan fingerprint density at radius 3 is 2.88 bits per heavy atom. The molecule has 0 amide bonds. The molecule has 0 aliphatic carbocycles. The van der Waals surface area contributed by atoms with Crippen molar-refractivity contribution in [1.29, 1.82) is 0 Å². The molecule has 0 N–H and O–H groups in total. The van der Waals surface area contributed by atoms with Gasteiger partial charge in [0.05, 0.1) is 19.7 Å². The molecule has 2 heterocycles. The van der Waals surface area contributed by atoms with Crippen molar-refractivity contribution >= 4 is 5.97 Å². The number of hydrogen-bond donors (Lipinski definition) is 0. The summed E-state index contributed by atoms with van der Waals surface area (Å²) < 4.78 is 15.7. The van der Waals surface area contributed by atoms with Crippen LogP contribution in [0.5, 0.6) is 0 Å². The molecular formula is C17H25N3O4. The number of rotatable bonds is 8. The van der Waals surface area contributed by atoms with E-state index in [1.54, 1.807) is 13.0 Å². The summed E-state index contributed by atoms with van der Waals surface area (Å²) in [6.07, 6.45) is 2.97. The van der Waals surface area contributed by atoms with E-state index in [4.69, 9.17) is 13.7 Å². The van der Waals surface area contributed by atoms with Crippen LogP contribution in [-0.4, -0.2) is 35.2 Å². The highest BCUT2D eigenvalue weighted by Gasteiger charge is 2.21. The van der Waals surface area contributed by atoms with E-state index >= 15 is 0 Å². The molecule has 0 aliphatic rings. The molecular weight excluding hydrogens is 310 g/mol. The van der Waals surface area contributed by atoms with E-state index in [0.29, 0.717) is 29.5 Å². The molecule has 1 atom stereocenters. The summed E-state index contributed by atoms with van der Waals surface area (Å²) in [5, 5.41) is 4.02. The zero-order valence-electron chi connectivity index (χ0n) is 15.0. The van der Waals surface area contributed by atoms with Crippen molar-refractivity contribution in [3.05, 3.63) is 34.9 Å². The SMILES string of the molecule is CCCCc1noc(C(C)N(C)Cc2cc(C(=O)OC)c(C)o2)n1. The Bertz CT molecular complexity index is 677. The smallest absolute Gasteiger partial charge is 0.341 e. The molecule has 0 aliphatic heterocycles. The summed E-state index contributed by atoms with van der Waals surface area (Å²) in [6.45, 7) is 6.39. The normalized spacial score (nSPS) is 12.6. The number of hydrogen-bond acceptors (Lipinski definition) is 7. The standard InChI is InChI=1S/C17H25N3O4/c1-6-7-8-15-18-16(24-19-15)11(2)20(4)10-13-9-14(12(3)23-13)17(21)22-5/h9,11H,6-8,10H2,1-5H3. The average Bonchev–Trinajstić information content (AvgIpc) is 3.18. The molecule has 132 valence electrons. The molecule has 0 saturated heterocycles. The molecule has 7 heteroatoms. The fourth-order valence-electron chi connectivity index (χ4n) is 2.38. The molecule has 0 fully saturated rings. The van der Waals surface area contributed by atoms with Gasteiger partial charge in [-0.2, -0.15) is 4.98 Å². The quantitative estimate of drug-likeness (QED) is 0.685. The van der Waals surface area contributed by atoms with Crippen LogP contribution in [0, 0.1) is 6.92 Å². The topological polar surface area (TPSA) is 81.6 Å². The van der Waals surface area contributed by atoms with E-state index in [1.165, 1.54) is 7.11 Å². The molecule has 0 saturated carbocycles. The first-order valence-corrected chi connectivity index (χ1v) is 8.16. The zero-order valence-corrected chi connectivity index (χ0v) is 15.0. The Balaban J connectivity index is 2.02. The Labute approximate surface area is 142 Å². The molecule has 7 nitrogen and oxygen atoms in total. The maximum atomic E-state index is 11.6. The second-order valence-corrected chi connectivity index (χ2v) is 5.92. The minimum absolute atomic E-state index is 0.0557. The molecule has 2 aromatic heterocycles. The highest BCUT2D eigenvalue weighted by atomic mass is 16.5. The summed E-state index contributed by atoms with van der Waals surface area (Å²) in [4.78, 5) is 18.1. The number of furan rings is 1. The predicted molar refractivity (Wildman–Crippen MR) is 87.6 cm³/mol. The van der Waals surface area contributed by atoms with E-state index in [-0.39, 0.29) is 6.04 Å². The maximum absolute atomic E-state index is 11.6. The largest absolute Gasteiger partial charge is 0.465 e. The van der Waals surface area contributed by atoms with Gasteiger partial charge in [0, 0.05) is 6.42 Å². The molecule has 2 rings (SSSR count). The Kier molecular flexibility index (Phi) is 6.14. The van der Waals surface area contributed by atoms with Crippen LogP contribution in [0.2, 0.25) is 0 Å². The van der Waals surface area contributed by atoms with E-state index in [1.807, 2.05) is 18.9 Å². The third-order valence-electron chi connectivity index (χ3n) is 4.04. The van der Waals surface area contributed by atoms with Crippen LogP contribution in [0.25, 0.3) is 0 Å². The summed E-state index contributed by atoms with van der Waals surface area (Å²) >= 11 is 0. The number of aryl methyl sites for hydroxylation is 2. The molecule has 0 spiro atoms. The van der Waals surface area contributed by atoms with E-state index in [2.05, 4.69) is 17.1 Å². The summed E-state index contributed by atoms with van der Waals surface area (Å²) in [7, 11) is 3.30. The molecule has 2 aromatic rings. The van der Waals surface area contributed by atoms with E-state index in [9.17, 15) is 4.79 Å². The van der Waals surface area contributed by atoms with Crippen LogP contribution in [0.3, 0.4) is 0 Å². The lowest BCUT2D eigenvalue weighted by Gasteiger charge is -2.20. The van der Waals surface area contributed by atoms with Gasteiger partial charge in [0.15, 0.2) is 5.82 Å². The van der Waals surface area contributed by atoms with Gasteiger partial charge >= 0.3 is 5.97 Å². The summed E-state index contributed by atoms with van der Waals surface area (Å²) in [6, 6.07) is 1.66. The van der Waals surface area contributed by atoms with E-state index in [0.717, 1.165) is 25.1 Å². The molecule has 0 radical (unpaired) electrons. The highest BCUT2D eigenvalue weighted by molar-refractivity contribution is 5.90. The van der Waals surface area contributed by atoms with Crippen molar-refractivity contribution in [3.8, 4) is 0 Å². The number of unbranched alkanes of at least 4 members (excludes halogenated alkanes) is 1. The van der Waals surface area contributed by atoms with E-state index < -0.39 is 5.97 Å². The molecule has 1 unspecified atom stereocenters. The lowest BCUT2D eigenvalue weighted by Crippen LogP contribution is -2.22. The zero-order chi connectivity index (χ0) is 17.7. The third kappa shape index (κ3) is 4.23. The minimum Gasteiger partial charge on any atom is -0.465 e. The number of ether oxygens (including phenoxy) is 1. The van der Waals surface area contributed by atoms with Gasteiger partial charge in [0.1, 0.15) is 17.1 Å². The van der Waals surface area contributed by atoms with Gasteiger partial charge < -0.3 is 13.7 Å². The van der Waals surface area contributed by atoms with Gasteiger partial charge in [0.25, 0.3) is 0 Å². The number of carbonyl (C=O) groups excluding carboxylic acids is 1. The maximum Gasteiger partial charge on any atom is 0.341 e. The Hall–Kier alpha value is -2.15. The van der Waals surface area contributed by atoms with Gasteiger partial charge in [-0.3, -0.25) is 4.90 Å². The fraction of sp³-hybridized carbons (Fsp3) is 0.588. The third-order valence-corrected chi connectivity index (χ3v) is 4.04. The van der Waals surface area contributed by atoms with Crippen LogP contribution in [0.4, 0.5) is 0 Å². The number of methoxy groups -OCH3 is 1. The van der Waals surface area contributed by atoms with Crippen molar-refractivity contribution in [2.75, 3.05) is 14.2 Å². The van der Waals surface area contributed by atoms with Crippen molar-refractivity contribution < 1.29 is 18.5 Å². The van der Waals surface area contributed by atoms with Gasteiger partial charge in [-0.05, 0) is 33.4 Å². The molecule has 24 heavy (non-hydrogen) atoms.